The molecular formula is C57H100CrKMnN6O6P3+2. The van der Waals surface area contributed by atoms with Crippen molar-refractivity contribution in [2.24, 2.45) is 0 Å². The second kappa shape index (κ2) is 43.2. The molecule has 75 heavy (non-hydrogen) atoms. The third kappa shape index (κ3) is 28.4. The minimum atomic E-state index is -0.646. The first-order valence-electron chi connectivity index (χ1n) is 27.5. The molecule has 6 rings (SSSR count). The summed E-state index contributed by atoms with van der Waals surface area (Å²) in [6, 6.07) is 26.1. The summed E-state index contributed by atoms with van der Waals surface area (Å²) in [6.07, 6.45) is 2.73. The van der Waals surface area contributed by atoms with Crippen molar-refractivity contribution in [1.29, 1.82) is 0 Å². The number of para-hydroxylation sites is 6. The molecule has 3 aromatic rings. The monoisotopic (exact) mass is 1200 g/mol. The van der Waals surface area contributed by atoms with E-state index in [2.05, 4.69) is 166 Å². The Morgan fingerprint density at radius 2 is 0.653 bits per heavy atom. The van der Waals surface area contributed by atoms with Crippen LogP contribution in [-0.2, 0) is 62.9 Å². The van der Waals surface area contributed by atoms with Gasteiger partial charge in [0.25, 0.3) is 0 Å². The van der Waals surface area contributed by atoms with Crippen molar-refractivity contribution < 1.29 is 119 Å². The van der Waals surface area contributed by atoms with Crippen LogP contribution in [0.2, 0.25) is 0 Å². The zero-order chi connectivity index (χ0) is 52.1. The standard InChI is InChI=1S/C39H60N4P3.C18H36N2O6.Cr.K.Mn/c1-28(2)44(29(3)4)25-40-34-19-13-16-22-37(34)43(38-23-17-14-20-35(38)41-26-45(30(5)6)31(7)8)39-24-18-15-21-36(39)42-27-46(32(9)10)33(11)12;1-7-21-13-14-24-10-4-20-5-11-25-17-15-22-8-2-19(1)3-9-23-16-18-26-12-6-20;;;/h13-24,28-33H,25-27H2,1-12H3;1-18H2;;;/q-3;;;+1;/p+4. The van der Waals surface area contributed by atoms with E-state index in [1.54, 1.807) is 0 Å². The second-order valence-corrected chi connectivity index (χ2v) is 32.2. The van der Waals surface area contributed by atoms with Crippen molar-refractivity contribution >= 4 is 57.9 Å². The molecule has 3 aromatic carbocycles. The second-order valence-electron chi connectivity index (χ2n) is 20.9. The van der Waals surface area contributed by atoms with Crippen LogP contribution in [0, 0.1) is 0 Å². The minimum Gasteiger partial charge on any atom is -0.651 e. The molecule has 3 fully saturated rings. The number of nitrogens with one attached hydrogen (secondary N) is 1. The van der Waals surface area contributed by atoms with E-state index < -0.39 is 23.8 Å². The molecule has 1 radical (unpaired) electrons. The van der Waals surface area contributed by atoms with Gasteiger partial charge in [0.2, 0.25) is 0 Å². The fraction of sp³-hybridized carbons (Fsp3) is 0.684. The summed E-state index contributed by atoms with van der Waals surface area (Å²) in [5.41, 5.74) is 10.4. The van der Waals surface area contributed by atoms with Crippen LogP contribution in [0.15, 0.2) is 72.8 Å². The first kappa shape index (κ1) is 73.5. The van der Waals surface area contributed by atoms with E-state index in [9.17, 15) is 0 Å². The number of anilines is 3. The summed E-state index contributed by atoms with van der Waals surface area (Å²) < 4.78 is 34.3. The van der Waals surface area contributed by atoms with Crippen LogP contribution in [0.3, 0.4) is 0 Å². The van der Waals surface area contributed by atoms with Crippen molar-refractivity contribution in [2.75, 3.05) is 142 Å². The van der Waals surface area contributed by atoms with E-state index in [0.717, 1.165) is 112 Å². The number of rotatable bonds is 18. The fourth-order valence-corrected chi connectivity index (χ4v) is 16.5. The van der Waals surface area contributed by atoms with E-state index in [1.165, 1.54) is 4.90 Å². The van der Waals surface area contributed by atoms with E-state index >= 15 is 0 Å². The molecule has 0 amide bonds. The third-order valence-electron chi connectivity index (χ3n) is 13.7. The summed E-state index contributed by atoms with van der Waals surface area (Å²) >= 11 is 0. The Morgan fingerprint density at radius 3 is 0.907 bits per heavy atom. The van der Waals surface area contributed by atoms with Gasteiger partial charge < -0.3 is 54.2 Å². The van der Waals surface area contributed by atoms with Crippen LogP contribution in [0.5, 0.6) is 0 Å². The average Bonchev–Trinajstić information content (AvgIpc) is 3.34. The van der Waals surface area contributed by atoms with E-state index in [0.29, 0.717) is 93.4 Å². The van der Waals surface area contributed by atoms with Gasteiger partial charge in [0, 0.05) is 71.1 Å². The molecule has 0 aromatic heterocycles. The molecule has 421 valence electrons. The van der Waals surface area contributed by atoms with Gasteiger partial charge in [0.05, 0.1) is 113 Å². The van der Waals surface area contributed by atoms with Gasteiger partial charge in [-0.2, -0.15) is 0 Å². The first-order chi connectivity index (χ1) is 34.8. The molecule has 0 saturated carbocycles. The maximum Gasteiger partial charge on any atom is 1.00 e. The van der Waals surface area contributed by atoms with E-state index in [-0.39, 0.29) is 85.8 Å². The predicted molar refractivity (Wildman–Crippen MR) is 317 cm³/mol. The van der Waals surface area contributed by atoms with Gasteiger partial charge in [0.15, 0.2) is 0 Å². The van der Waals surface area contributed by atoms with Crippen LogP contribution >= 0.6 is 23.8 Å². The van der Waals surface area contributed by atoms with Crippen molar-refractivity contribution in [3.05, 3.63) is 88.7 Å². The summed E-state index contributed by atoms with van der Waals surface area (Å²) in [7, 11) is -1.94. The maximum absolute atomic E-state index is 5.72. The number of quaternary nitrogens is 1. The Morgan fingerprint density at radius 1 is 0.413 bits per heavy atom. The molecule has 2 bridgehead atoms. The number of benzene rings is 3. The Labute approximate surface area is 524 Å². The Kier molecular flexibility index (Phi) is 42.4. The van der Waals surface area contributed by atoms with Gasteiger partial charge in [-0.05, 0) is 144 Å². The molecule has 1 N–H and O–H groups in total. The number of ether oxygens (including phenoxy) is 6. The quantitative estimate of drug-likeness (QED) is 0.0993. The first-order valence-corrected chi connectivity index (χ1v) is 33.1. The van der Waals surface area contributed by atoms with Gasteiger partial charge >= 0.3 is 51.4 Å². The molecule has 3 aliphatic rings. The molecule has 3 heterocycles. The van der Waals surface area contributed by atoms with Gasteiger partial charge in [0.1, 0.15) is 19.6 Å². The van der Waals surface area contributed by atoms with Gasteiger partial charge in [-0.15, -0.1) is 17.1 Å². The topological polar surface area (TPSA) is 109 Å². The van der Waals surface area contributed by atoms with Crippen LogP contribution in [0.4, 0.5) is 34.1 Å². The molecule has 3 aliphatic heterocycles. The third-order valence-corrected chi connectivity index (χ3v) is 24.2. The van der Waals surface area contributed by atoms with Gasteiger partial charge in [-0.1, -0.05) is 54.6 Å². The average molecular weight is 1200 g/mol. The van der Waals surface area contributed by atoms with E-state index in [4.69, 9.17) is 44.4 Å². The molecule has 3 saturated heterocycles. The zero-order valence-electron chi connectivity index (χ0n) is 48.7. The number of fused-ring (bicyclic) bond motifs is 21. The van der Waals surface area contributed by atoms with Crippen LogP contribution in [0.1, 0.15) is 83.1 Å². The summed E-state index contributed by atoms with van der Waals surface area (Å²) in [5.74, 6) is 0. The predicted octanol–water partition coefficient (Wildman–Crippen LogP) is 9.44. The number of nitrogens with zero attached hydrogens (tertiary/aromatic N) is 5. The summed E-state index contributed by atoms with van der Waals surface area (Å²) in [4.78, 5) is 6.16. The number of hydrogen-bond acceptors (Lipinski definition) is 8. The Bertz CT molecular complexity index is 1620. The molecule has 0 atom stereocenters. The number of hydrogen-bond donors (Lipinski definition) is 1. The minimum absolute atomic E-state index is 0. The molecule has 18 heteroatoms. The van der Waals surface area contributed by atoms with E-state index in [1.807, 2.05) is 0 Å². The van der Waals surface area contributed by atoms with Crippen molar-refractivity contribution in [2.45, 2.75) is 117 Å². The van der Waals surface area contributed by atoms with Gasteiger partial charge in [-0.25, -0.2) is 0 Å². The molecule has 12 nitrogen and oxygen atoms in total. The van der Waals surface area contributed by atoms with Crippen LogP contribution < -0.4 is 61.2 Å². The van der Waals surface area contributed by atoms with Crippen LogP contribution in [0.25, 0.3) is 16.0 Å². The van der Waals surface area contributed by atoms with Crippen molar-refractivity contribution in [1.82, 2.24) is 4.90 Å². The maximum atomic E-state index is 5.72. The fourth-order valence-electron chi connectivity index (χ4n) is 9.28. The largest absolute Gasteiger partial charge is 1.00 e. The molecule has 0 aliphatic carbocycles. The van der Waals surface area contributed by atoms with Gasteiger partial charge in [-0.3, -0.25) is 4.90 Å². The summed E-state index contributed by atoms with van der Waals surface area (Å²) in [6.45, 7) is 42.0. The molecule has 0 unspecified atom stereocenters. The zero-order valence-corrected chi connectivity index (χ0v) is 57.3. The Hall–Kier alpha value is 0.518. The molecule has 0 spiro atoms. The summed E-state index contributed by atoms with van der Waals surface area (Å²) in [5, 5.41) is 16.1. The van der Waals surface area contributed by atoms with Crippen molar-refractivity contribution in [3.8, 4) is 0 Å². The van der Waals surface area contributed by atoms with Crippen LogP contribution in [-0.4, -0.2) is 176 Å². The normalized spacial score (nSPS) is 18.0. The smallest absolute Gasteiger partial charge is 0.651 e. The molecular weight excluding hydrogens is 1100 g/mol. The Balaban J connectivity index is 0.000000827. The SMILES string of the molecule is C1COCC[NH+]2CCOCCOCCN(CCO1)CCOCCOCC2.CC(C)[PH+](C[N-]c1ccccc1N(c1ccccc1[N-]C[PH+](C(C)C)C(C)C)c1ccccc1[N-]C[PH+](C(C)C)C(C)C)C(C)C.[Cr].[K+].[Mn]. The van der Waals surface area contributed by atoms with Crippen molar-refractivity contribution in [3.63, 3.8) is 0 Å².